The number of aromatic nitrogens is 2. The summed E-state index contributed by atoms with van der Waals surface area (Å²) in [6, 6.07) is 0. The highest BCUT2D eigenvalue weighted by Gasteiger charge is 2.04. The van der Waals surface area contributed by atoms with Gasteiger partial charge in [0.15, 0.2) is 5.69 Å². The molecule has 0 amide bonds. The van der Waals surface area contributed by atoms with Crippen molar-refractivity contribution in [2.45, 2.75) is 6.92 Å². The smallest absolute Gasteiger partial charge is 0.172 e. The van der Waals surface area contributed by atoms with Crippen molar-refractivity contribution < 1.29 is 0 Å². The van der Waals surface area contributed by atoms with E-state index in [1.807, 2.05) is 0 Å². The van der Waals surface area contributed by atoms with Crippen molar-refractivity contribution in [2.75, 3.05) is 5.73 Å². The number of nitrogen functional groups attached to an aromatic ring is 1. The molecule has 0 aliphatic heterocycles. The van der Waals surface area contributed by atoms with Crippen molar-refractivity contribution in [3.05, 3.63) is 10.6 Å². The third-order valence-electron chi connectivity index (χ3n) is 1.03. The number of rotatable bonds is 1. The fourth-order valence-electron chi connectivity index (χ4n) is 0.560. The van der Waals surface area contributed by atoms with E-state index in [-0.39, 0.29) is 11.5 Å². The maximum absolute atomic E-state index is 9.92. The number of H-pyrrole nitrogens is 1. The zero-order chi connectivity index (χ0) is 6.85. The van der Waals surface area contributed by atoms with Crippen LogP contribution < -0.4 is 5.73 Å². The predicted molar refractivity (Wildman–Crippen MR) is 33.2 cm³/mol. The molecule has 1 rings (SSSR count). The van der Waals surface area contributed by atoms with Crippen molar-refractivity contribution in [1.82, 2.24) is 10.2 Å². The summed E-state index contributed by atoms with van der Waals surface area (Å²) in [5.41, 5.74) is 5.97. The third kappa shape index (κ3) is 0.758. The summed E-state index contributed by atoms with van der Waals surface area (Å²) in [5, 5.41) is 8.73. The molecule has 0 aliphatic carbocycles. The van der Waals surface area contributed by atoms with Gasteiger partial charge in [-0.05, 0) is 12.1 Å². The average Bonchev–Trinajstić information content (AvgIpc) is 2.12. The topological polar surface area (TPSA) is 84.1 Å². The maximum Gasteiger partial charge on any atom is 0.172 e. The van der Waals surface area contributed by atoms with Crippen LogP contribution in [0.1, 0.15) is 5.69 Å². The Morgan fingerprint density at radius 2 is 2.44 bits per heavy atom. The molecule has 48 valence electrons. The Hall–Kier alpha value is -1.39. The molecule has 0 spiro atoms. The van der Waals surface area contributed by atoms with E-state index < -0.39 is 0 Å². The van der Waals surface area contributed by atoms with Crippen LogP contribution in [0.2, 0.25) is 0 Å². The number of aromatic amines is 1. The third-order valence-corrected chi connectivity index (χ3v) is 1.03. The maximum atomic E-state index is 9.92. The van der Waals surface area contributed by atoms with Gasteiger partial charge in [0.1, 0.15) is 5.82 Å². The normalized spacial score (nSPS) is 9.44. The van der Waals surface area contributed by atoms with E-state index in [1.165, 1.54) is 0 Å². The van der Waals surface area contributed by atoms with Gasteiger partial charge < -0.3 is 5.73 Å². The van der Waals surface area contributed by atoms with Crippen LogP contribution in [-0.2, 0) is 0 Å². The van der Waals surface area contributed by atoms with Gasteiger partial charge in [0.25, 0.3) is 0 Å². The van der Waals surface area contributed by atoms with Gasteiger partial charge in [0, 0.05) is 0 Å². The number of hydrogen-bond acceptors (Lipinski definition) is 4. The Balaban J connectivity index is 3.22. The summed E-state index contributed by atoms with van der Waals surface area (Å²) in [6.45, 7) is 1.66. The van der Waals surface area contributed by atoms with Crippen LogP contribution in [0.5, 0.6) is 0 Å². The van der Waals surface area contributed by atoms with Crippen LogP contribution in [0.3, 0.4) is 0 Å². The quantitative estimate of drug-likeness (QED) is 0.543. The van der Waals surface area contributed by atoms with Crippen LogP contribution in [0, 0.1) is 11.8 Å². The van der Waals surface area contributed by atoms with Gasteiger partial charge in [0.2, 0.25) is 0 Å². The summed E-state index contributed by atoms with van der Waals surface area (Å²) >= 11 is 0. The first kappa shape index (κ1) is 5.74. The van der Waals surface area contributed by atoms with Gasteiger partial charge in [-0.15, -0.1) is 4.91 Å². The minimum Gasteiger partial charge on any atom is -0.382 e. The molecule has 0 unspecified atom stereocenters. The zero-order valence-electron chi connectivity index (χ0n) is 4.88. The molecule has 1 aromatic heterocycles. The SMILES string of the molecule is Cc1n[nH]c(N)c1N=O. The Labute approximate surface area is 51.2 Å². The Bertz CT molecular complexity index is 209. The number of anilines is 1. The standard InChI is InChI=1S/C4H6N4O/c1-2-3(8-9)4(5)7-6-2/h1H3,(H3,5,6,7). The van der Waals surface area contributed by atoms with Crippen molar-refractivity contribution in [3.63, 3.8) is 0 Å². The number of hydrogen-bond donors (Lipinski definition) is 2. The summed E-state index contributed by atoms with van der Waals surface area (Å²) in [7, 11) is 0. The summed E-state index contributed by atoms with van der Waals surface area (Å²) in [4.78, 5) is 9.92. The van der Waals surface area contributed by atoms with E-state index in [0.29, 0.717) is 5.69 Å². The fourth-order valence-corrected chi connectivity index (χ4v) is 0.560. The number of nitrogens with one attached hydrogen (secondary N) is 1. The largest absolute Gasteiger partial charge is 0.382 e. The molecule has 0 fully saturated rings. The van der Waals surface area contributed by atoms with Gasteiger partial charge in [0.05, 0.1) is 5.69 Å². The predicted octanol–water partition coefficient (Wildman–Crippen LogP) is 0.698. The minimum absolute atomic E-state index is 0.204. The molecule has 0 atom stereocenters. The van der Waals surface area contributed by atoms with E-state index in [1.54, 1.807) is 6.92 Å². The molecule has 0 radical (unpaired) electrons. The lowest BCUT2D eigenvalue weighted by Gasteiger charge is -1.81. The first-order valence-corrected chi connectivity index (χ1v) is 2.39. The highest BCUT2D eigenvalue weighted by molar-refractivity contribution is 5.59. The van der Waals surface area contributed by atoms with Crippen molar-refractivity contribution in [1.29, 1.82) is 0 Å². The van der Waals surface area contributed by atoms with Crippen LogP contribution in [0.4, 0.5) is 11.5 Å². The first-order chi connectivity index (χ1) is 4.25. The van der Waals surface area contributed by atoms with Gasteiger partial charge in [-0.1, -0.05) is 0 Å². The van der Waals surface area contributed by atoms with Crippen LogP contribution in [0.15, 0.2) is 5.18 Å². The summed E-state index contributed by atoms with van der Waals surface area (Å²) in [5.74, 6) is 0.225. The number of nitrogens with two attached hydrogens (primary N) is 1. The van der Waals surface area contributed by atoms with Crippen molar-refractivity contribution >= 4 is 11.5 Å². The van der Waals surface area contributed by atoms with Crippen molar-refractivity contribution in [3.8, 4) is 0 Å². The molecule has 5 nitrogen and oxygen atoms in total. The zero-order valence-corrected chi connectivity index (χ0v) is 4.88. The highest BCUT2D eigenvalue weighted by Crippen LogP contribution is 2.21. The number of nitrogens with zero attached hydrogens (tertiary/aromatic N) is 2. The number of nitroso groups, excluding NO2 is 1. The minimum atomic E-state index is 0.204. The molecular formula is C4H6N4O. The molecule has 0 aromatic carbocycles. The second-order valence-corrected chi connectivity index (χ2v) is 1.66. The van der Waals surface area contributed by atoms with Gasteiger partial charge >= 0.3 is 0 Å². The Kier molecular flexibility index (Phi) is 1.18. The lowest BCUT2D eigenvalue weighted by Crippen LogP contribution is -1.82. The van der Waals surface area contributed by atoms with E-state index in [2.05, 4.69) is 15.4 Å². The van der Waals surface area contributed by atoms with Crippen LogP contribution >= 0.6 is 0 Å². The lowest BCUT2D eigenvalue weighted by molar-refractivity contribution is 1.05. The highest BCUT2D eigenvalue weighted by atomic mass is 16.3. The van der Waals surface area contributed by atoms with E-state index in [9.17, 15) is 4.91 Å². The molecule has 9 heavy (non-hydrogen) atoms. The van der Waals surface area contributed by atoms with Gasteiger partial charge in [-0.25, -0.2) is 0 Å². The molecule has 5 heteroatoms. The summed E-state index contributed by atoms with van der Waals surface area (Å²) in [6.07, 6.45) is 0. The fraction of sp³-hybridized carbons (Fsp3) is 0.250. The lowest BCUT2D eigenvalue weighted by atomic mass is 10.4. The van der Waals surface area contributed by atoms with E-state index >= 15 is 0 Å². The van der Waals surface area contributed by atoms with Gasteiger partial charge in [-0.2, -0.15) is 5.10 Å². The Morgan fingerprint density at radius 1 is 1.78 bits per heavy atom. The first-order valence-electron chi connectivity index (χ1n) is 2.39. The average molecular weight is 126 g/mol. The van der Waals surface area contributed by atoms with Crippen molar-refractivity contribution in [2.24, 2.45) is 5.18 Å². The van der Waals surface area contributed by atoms with E-state index in [0.717, 1.165) is 0 Å². The molecule has 0 saturated heterocycles. The molecule has 0 saturated carbocycles. The molecule has 0 bridgehead atoms. The summed E-state index contributed by atoms with van der Waals surface area (Å²) < 4.78 is 0. The second kappa shape index (κ2) is 1.85. The van der Waals surface area contributed by atoms with E-state index in [4.69, 9.17) is 5.73 Å². The Morgan fingerprint density at radius 3 is 2.67 bits per heavy atom. The molecule has 3 N–H and O–H groups in total. The molecular weight excluding hydrogens is 120 g/mol. The van der Waals surface area contributed by atoms with Gasteiger partial charge in [-0.3, -0.25) is 5.10 Å². The number of aryl methyl sites for hydroxylation is 1. The molecule has 1 heterocycles. The molecule has 0 aliphatic rings. The van der Waals surface area contributed by atoms with Crippen LogP contribution in [-0.4, -0.2) is 10.2 Å². The monoisotopic (exact) mass is 126 g/mol. The molecule has 1 aromatic rings. The second-order valence-electron chi connectivity index (χ2n) is 1.66. The van der Waals surface area contributed by atoms with Crippen LogP contribution in [0.25, 0.3) is 0 Å².